The predicted molar refractivity (Wildman–Crippen MR) is 163 cm³/mol. The number of benzene rings is 3. The number of hydrogen-bond acceptors (Lipinski definition) is 7. The fourth-order valence-electron chi connectivity index (χ4n) is 4.49. The van der Waals surface area contributed by atoms with E-state index >= 15 is 0 Å². The van der Waals surface area contributed by atoms with E-state index in [0.717, 1.165) is 48.6 Å². The number of ether oxygens (including phenoxy) is 2. The molecule has 0 unspecified atom stereocenters. The number of carbonyl (C=O) groups is 1. The summed E-state index contributed by atoms with van der Waals surface area (Å²) in [5.74, 6) is -0.431. The smallest absolute Gasteiger partial charge is 0.339 e. The number of fused-ring (bicyclic) bond motifs is 1. The number of hydrogen-bond donors (Lipinski definition) is 2. The van der Waals surface area contributed by atoms with Gasteiger partial charge in [-0.3, -0.25) is 0 Å². The SMILES string of the molecule is C/C=C(/N)c1ccc(-c2nc3cc(C)c([C@H](OC(C)(C)C)C(=O)OCC)c(-c4ccc(Cl)cc4)c3s2)cc1N. The zero-order valence-electron chi connectivity index (χ0n) is 23.1. The Labute approximate surface area is 238 Å². The molecule has 204 valence electrons. The maximum Gasteiger partial charge on any atom is 0.339 e. The molecule has 0 bridgehead atoms. The summed E-state index contributed by atoms with van der Waals surface area (Å²) in [6, 6.07) is 15.4. The molecule has 1 atom stereocenters. The van der Waals surface area contributed by atoms with Crippen molar-refractivity contribution in [3.8, 4) is 21.7 Å². The summed E-state index contributed by atoms with van der Waals surface area (Å²) in [5, 5.41) is 1.43. The van der Waals surface area contributed by atoms with Crippen LogP contribution in [0, 0.1) is 6.92 Å². The van der Waals surface area contributed by atoms with Crippen LogP contribution in [0.5, 0.6) is 0 Å². The van der Waals surface area contributed by atoms with E-state index in [2.05, 4.69) is 0 Å². The second kappa shape index (κ2) is 11.4. The Bertz CT molecular complexity index is 1550. The molecule has 0 saturated heterocycles. The number of thiazole rings is 1. The van der Waals surface area contributed by atoms with Gasteiger partial charge in [-0.05, 0) is 76.9 Å². The van der Waals surface area contributed by atoms with Crippen LogP contribution in [0.15, 0.2) is 54.6 Å². The molecule has 1 heterocycles. The molecule has 0 aliphatic rings. The number of aryl methyl sites for hydroxylation is 1. The highest BCUT2D eigenvalue weighted by atomic mass is 35.5. The van der Waals surface area contributed by atoms with Gasteiger partial charge in [0, 0.05) is 38.7 Å². The molecule has 0 saturated carbocycles. The maximum absolute atomic E-state index is 13.3. The first-order valence-electron chi connectivity index (χ1n) is 12.8. The van der Waals surface area contributed by atoms with Crippen LogP contribution in [0.2, 0.25) is 5.02 Å². The number of rotatable bonds is 7. The van der Waals surface area contributed by atoms with E-state index in [4.69, 9.17) is 37.5 Å². The summed E-state index contributed by atoms with van der Waals surface area (Å²) in [7, 11) is 0. The molecule has 4 N–H and O–H groups in total. The van der Waals surface area contributed by atoms with Crippen LogP contribution in [0.3, 0.4) is 0 Å². The minimum absolute atomic E-state index is 0.250. The second-order valence-electron chi connectivity index (χ2n) is 10.3. The van der Waals surface area contributed by atoms with Crippen molar-refractivity contribution in [2.24, 2.45) is 5.73 Å². The normalized spacial score (nSPS) is 13.1. The number of allylic oxidation sites excluding steroid dienone is 1. The van der Waals surface area contributed by atoms with E-state index in [1.54, 1.807) is 6.92 Å². The van der Waals surface area contributed by atoms with Crippen LogP contribution in [0.1, 0.15) is 57.4 Å². The average Bonchev–Trinajstić information content (AvgIpc) is 3.30. The van der Waals surface area contributed by atoms with Crippen molar-refractivity contribution >= 4 is 50.5 Å². The first-order chi connectivity index (χ1) is 18.4. The number of nitrogens with two attached hydrogens (primary N) is 2. The highest BCUT2D eigenvalue weighted by Crippen LogP contribution is 2.45. The van der Waals surface area contributed by atoms with Gasteiger partial charge in [-0.15, -0.1) is 11.3 Å². The third kappa shape index (κ3) is 6.11. The maximum atomic E-state index is 13.3. The molecule has 4 aromatic rings. The van der Waals surface area contributed by atoms with Crippen LogP contribution >= 0.6 is 22.9 Å². The first-order valence-corrected chi connectivity index (χ1v) is 14.0. The quantitative estimate of drug-likeness (QED) is 0.175. The summed E-state index contributed by atoms with van der Waals surface area (Å²) < 4.78 is 12.8. The molecule has 4 rings (SSSR count). The highest BCUT2D eigenvalue weighted by molar-refractivity contribution is 7.22. The van der Waals surface area contributed by atoms with Gasteiger partial charge in [0.1, 0.15) is 5.01 Å². The number of halogens is 1. The molecule has 0 spiro atoms. The summed E-state index contributed by atoms with van der Waals surface area (Å²) in [4.78, 5) is 18.3. The lowest BCUT2D eigenvalue weighted by Gasteiger charge is -2.29. The van der Waals surface area contributed by atoms with E-state index in [1.165, 1.54) is 11.3 Å². The largest absolute Gasteiger partial charge is 0.464 e. The van der Waals surface area contributed by atoms with Crippen molar-refractivity contribution in [1.82, 2.24) is 4.98 Å². The second-order valence-corrected chi connectivity index (χ2v) is 11.7. The Kier molecular flexibility index (Phi) is 8.35. The van der Waals surface area contributed by atoms with Crippen molar-refractivity contribution < 1.29 is 14.3 Å². The van der Waals surface area contributed by atoms with Crippen molar-refractivity contribution in [2.45, 2.75) is 53.2 Å². The third-order valence-electron chi connectivity index (χ3n) is 6.22. The molecule has 0 aliphatic heterocycles. The highest BCUT2D eigenvalue weighted by Gasteiger charge is 2.33. The van der Waals surface area contributed by atoms with Crippen molar-refractivity contribution in [2.75, 3.05) is 12.3 Å². The molecule has 0 radical (unpaired) electrons. The Balaban J connectivity index is 2.00. The van der Waals surface area contributed by atoms with Gasteiger partial charge in [0.2, 0.25) is 0 Å². The van der Waals surface area contributed by atoms with Crippen molar-refractivity contribution in [3.63, 3.8) is 0 Å². The first kappa shape index (κ1) is 28.6. The number of carbonyl (C=O) groups excluding carboxylic acids is 1. The zero-order chi connectivity index (χ0) is 28.5. The molecular formula is C31H34ClN3O3S. The Hall–Kier alpha value is -3.39. The van der Waals surface area contributed by atoms with Gasteiger partial charge in [-0.25, -0.2) is 9.78 Å². The number of nitrogen functional groups attached to an aromatic ring is 1. The predicted octanol–water partition coefficient (Wildman–Crippen LogP) is 7.91. The summed E-state index contributed by atoms with van der Waals surface area (Å²) in [5.41, 5.74) is 19.0. The number of anilines is 1. The molecule has 6 nitrogen and oxygen atoms in total. The molecule has 3 aromatic carbocycles. The van der Waals surface area contributed by atoms with Crippen LogP contribution in [-0.2, 0) is 14.3 Å². The van der Waals surface area contributed by atoms with Crippen LogP contribution in [-0.4, -0.2) is 23.2 Å². The van der Waals surface area contributed by atoms with Gasteiger partial charge in [-0.2, -0.15) is 0 Å². The Morgan fingerprint density at radius 1 is 1.13 bits per heavy atom. The van der Waals surface area contributed by atoms with Crippen LogP contribution in [0.4, 0.5) is 5.69 Å². The molecule has 0 amide bonds. The molecule has 8 heteroatoms. The van der Waals surface area contributed by atoms with E-state index < -0.39 is 17.7 Å². The number of nitrogens with zero attached hydrogens (tertiary/aromatic N) is 1. The zero-order valence-corrected chi connectivity index (χ0v) is 24.7. The fraction of sp³-hybridized carbons (Fsp3) is 0.290. The van der Waals surface area contributed by atoms with Gasteiger partial charge >= 0.3 is 5.97 Å². The minimum atomic E-state index is -0.927. The molecule has 0 fully saturated rings. The monoisotopic (exact) mass is 563 g/mol. The van der Waals surface area contributed by atoms with Gasteiger partial charge < -0.3 is 20.9 Å². The van der Waals surface area contributed by atoms with E-state index in [-0.39, 0.29) is 6.61 Å². The lowest BCUT2D eigenvalue weighted by atomic mass is 9.91. The summed E-state index contributed by atoms with van der Waals surface area (Å²) >= 11 is 7.78. The Morgan fingerprint density at radius 3 is 2.38 bits per heavy atom. The summed E-state index contributed by atoms with van der Waals surface area (Å²) in [6.45, 7) is 11.7. The van der Waals surface area contributed by atoms with Crippen LogP contribution in [0.25, 0.3) is 37.6 Å². The lowest BCUT2D eigenvalue weighted by Crippen LogP contribution is -2.29. The van der Waals surface area contributed by atoms with E-state index in [1.807, 2.05) is 89.2 Å². The molecular weight excluding hydrogens is 530 g/mol. The van der Waals surface area contributed by atoms with Crippen molar-refractivity contribution in [3.05, 3.63) is 76.3 Å². The Morgan fingerprint density at radius 2 is 1.79 bits per heavy atom. The topological polar surface area (TPSA) is 100 Å². The van der Waals surface area contributed by atoms with Crippen LogP contribution < -0.4 is 11.5 Å². The summed E-state index contributed by atoms with van der Waals surface area (Å²) in [6.07, 6.45) is 0.898. The standard InChI is InChI=1S/C31H34ClN3O3S/c1-7-22(33)21-14-11-19(16-23(21)34)29-35-24-15-17(3)25(27(30(36)37-8-2)38-31(4,5)6)26(28(24)39-29)18-9-12-20(32)13-10-18/h7,9-16,27H,8,33-34H2,1-6H3/b22-7+/t27-/m0/s1. The van der Waals surface area contributed by atoms with E-state index in [9.17, 15) is 4.79 Å². The minimum Gasteiger partial charge on any atom is -0.464 e. The van der Waals surface area contributed by atoms with E-state index in [0.29, 0.717) is 16.4 Å². The number of esters is 1. The van der Waals surface area contributed by atoms with Gasteiger partial charge in [0.05, 0.1) is 22.4 Å². The lowest BCUT2D eigenvalue weighted by molar-refractivity contribution is -0.166. The number of aromatic nitrogens is 1. The van der Waals surface area contributed by atoms with Crippen molar-refractivity contribution in [1.29, 1.82) is 0 Å². The average molecular weight is 564 g/mol. The third-order valence-corrected chi connectivity index (χ3v) is 7.61. The van der Waals surface area contributed by atoms with Gasteiger partial charge in [0.15, 0.2) is 6.10 Å². The fourth-order valence-corrected chi connectivity index (χ4v) is 5.73. The molecule has 1 aromatic heterocycles. The van der Waals surface area contributed by atoms with Gasteiger partial charge in [-0.1, -0.05) is 41.9 Å². The molecule has 39 heavy (non-hydrogen) atoms. The molecule has 0 aliphatic carbocycles. The van der Waals surface area contributed by atoms with Gasteiger partial charge in [0.25, 0.3) is 0 Å².